The Morgan fingerprint density at radius 1 is 1.12 bits per heavy atom. The molecule has 2 aliphatic rings. The maximum atomic E-state index is 3.47. The lowest BCUT2D eigenvalue weighted by Crippen LogP contribution is -2.48. The molecular formula is C13H27N3S. The van der Waals surface area contributed by atoms with Crippen LogP contribution < -0.4 is 5.32 Å². The van der Waals surface area contributed by atoms with Crippen LogP contribution in [0.5, 0.6) is 0 Å². The zero-order chi connectivity index (χ0) is 12.1. The molecule has 0 saturated carbocycles. The number of nitrogens with one attached hydrogen (secondary N) is 1. The minimum absolute atomic E-state index is 0.749. The Morgan fingerprint density at radius 2 is 2.00 bits per heavy atom. The minimum atomic E-state index is 0.749. The van der Waals surface area contributed by atoms with Gasteiger partial charge < -0.3 is 10.2 Å². The van der Waals surface area contributed by atoms with Gasteiger partial charge in [-0.3, -0.25) is 4.90 Å². The van der Waals surface area contributed by atoms with E-state index >= 15 is 0 Å². The van der Waals surface area contributed by atoms with E-state index in [1.54, 1.807) is 0 Å². The van der Waals surface area contributed by atoms with Crippen molar-refractivity contribution in [3.8, 4) is 0 Å². The Morgan fingerprint density at radius 3 is 2.88 bits per heavy atom. The van der Waals surface area contributed by atoms with Crippen molar-refractivity contribution in [1.29, 1.82) is 0 Å². The molecule has 3 nitrogen and oxygen atoms in total. The zero-order valence-corrected chi connectivity index (χ0v) is 12.1. The molecule has 100 valence electrons. The molecule has 0 radical (unpaired) electrons. The highest BCUT2D eigenvalue weighted by molar-refractivity contribution is 8.00. The van der Waals surface area contributed by atoms with Crippen LogP contribution in [0, 0.1) is 0 Å². The van der Waals surface area contributed by atoms with Gasteiger partial charge in [-0.1, -0.05) is 6.92 Å². The monoisotopic (exact) mass is 257 g/mol. The highest BCUT2D eigenvalue weighted by Crippen LogP contribution is 2.23. The Labute approximate surface area is 110 Å². The molecule has 2 atom stereocenters. The smallest absolute Gasteiger partial charge is 0.0184 e. The Bertz CT molecular complexity index is 217. The van der Waals surface area contributed by atoms with Gasteiger partial charge in [0, 0.05) is 49.8 Å². The number of hydrogen-bond donors (Lipinski definition) is 1. The van der Waals surface area contributed by atoms with Crippen molar-refractivity contribution in [3.05, 3.63) is 0 Å². The molecule has 2 saturated heterocycles. The van der Waals surface area contributed by atoms with Crippen LogP contribution in [-0.4, -0.2) is 72.7 Å². The van der Waals surface area contributed by atoms with Crippen LogP contribution in [0.4, 0.5) is 0 Å². The van der Waals surface area contributed by atoms with Crippen molar-refractivity contribution in [1.82, 2.24) is 15.1 Å². The molecule has 2 heterocycles. The van der Waals surface area contributed by atoms with Gasteiger partial charge >= 0.3 is 0 Å². The molecule has 2 rings (SSSR count). The zero-order valence-electron chi connectivity index (χ0n) is 11.3. The molecule has 0 aromatic heterocycles. The van der Waals surface area contributed by atoms with Gasteiger partial charge in [0.15, 0.2) is 0 Å². The van der Waals surface area contributed by atoms with Crippen molar-refractivity contribution in [2.75, 3.05) is 51.6 Å². The van der Waals surface area contributed by atoms with Crippen molar-refractivity contribution in [2.24, 2.45) is 0 Å². The lowest BCUT2D eigenvalue weighted by atomic mass is 10.2. The number of hydrogen-bond acceptors (Lipinski definition) is 4. The van der Waals surface area contributed by atoms with Crippen LogP contribution in [0.25, 0.3) is 0 Å². The van der Waals surface area contributed by atoms with Gasteiger partial charge in [0.25, 0.3) is 0 Å². The average Bonchev–Trinajstić information content (AvgIpc) is 2.59. The third-order valence-electron chi connectivity index (χ3n) is 4.15. The Balaban J connectivity index is 1.72. The van der Waals surface area contributed by atoms with Gasteiger partial charge in [-0.15, -0.1) is 0 Å². The molecule has 0 aliphatic carbocycles. The van der Waals surface area contributed by atoms with E-state index in [9.17, 15) is 0 Å². The fourth-order valence-electron chi connectivity index (χ4n) is 2.71. The summed E-state index contributed by atoms with van der Waals surface area (Å²) in [6, 6.07) is 0.749. The summed E-state index contributed by atoms with van der Waals surface area (Å²) in [6.45, 7) is 13.4. The summed E-state index contributed by atoms with van der Waals surface area (Å²) in [5, 5.41) is 4.27. The van der Waals surface area contributed by atoms with Crippen molar-refractivity contribution >= 4 is 11.8 Å². The molecule has 0 aromatic carbocycles. The van der Waals surface area contributed by atoms with Crippen molar-refractivity contribution < 1.29 is 0 Å². The van der Waals surface area contributed by atoms with E-state index in [0.717, 1.165) is 11.3 Å². The number of rotatable bonds is 3. The second-order valence-corrected chi connectivity index (χ2v) is 6.78. The van der Waals surface area contributed by atoms with Gasteiger partial charge in [0.2, 0.25) is 0 Å². The molecular weight excluding hydrogens is 230 g/mol. The van der Waals surface area contributed by atoms with Crippen LogP contribution in [0.1, 0.15) is 20.3 Å². The summed E-state index contributed by atoms with van der Waals surface area (Å²) in [5.41, 5.74) is 0. The predicted molar refractivity (Wildman–Crippen MR) is 76.9 cm³/mol. The summed E-state index contributed by atoms with van der Waals surface area (Å²) in [6.07, 6.45) is 1.31. The van der Waals surface area contributed by atoms with E-state index in [4.69, 9.17) is 0 Å². The molecule has 0 spiro atoms. The normalized spacial score (nSPS) is 33.5. The first-order chi connectivity index (χ1) is 8.27. The molecule has 17 heavy (non-hydrogen) atoms. The van der Waals surface area contributed by atoms with E-state index in [0.29, 0.717) is 0 Å². The van der Waals surface area contributed by atoms with Crippen molar-refractivity contribution in [3.63, 3.8) is 0 Å². The largest absolute Gasteiger partial charge is 0.315 e. The molecule has 1 N–H and O–H groups in total. The molecule has 0 amide bonds. The van der Waals surface area contributed by atoms with Gasteiger partial charge in [-0.2, -0.15) is 11.8 Å². The van der Waals surface area contributed by atoms with Gasteiger partial charge in [0.05, 0.1) is 0 Å². The van der Waals surface area contributed by atoms with Crippen LogP contribution in [0.3, 0.4) is 0 Å². The van der Waals surface area contributed by atoms with Crippen LogP contribution in [0.2, 0.25) is 0 Å². The van der Waals surface area contributed by atoms with E-state index in [1.165, 1.54) is 58.0 Å². The molecule has 0 bridgehead atoms. The maximum absolute atomic E-state index is 3.47. The molecule has 4 heteroatoms. The summed E-state index contributed by atoms with van der Waals surface area (Å²) >= 11 is 2.13. The van der Waals surface area contributed by atoms with Gasteiger partial charge in [0.1, 0.15) is 0 Å². The second-order valence-electron chi connectivity index (χ2n) is 5.30. The summed E-state index contributed by atoms with van der Waals surface area (Å²) in [5.74, 6) is 1.31. The SMILES string of the molecule is CC1SCCN(CCN2CCCNCC2)C1C. The Hall–Kier alpha value is 0.230. The quantitative estimate of drug-likeness (QED) is 0.816. The first kappa shape index (κ1) is 13.7. The molecule has 2 fully saturated rings. The van der Waals surface area contributed by atoms with Crippen LogP contribution >= 0.6 is 11.8 Å². The van der Waals surface area contributed by atoms with Crippen LogP contribution in [0.15, 0.2) is 0 Å². The first-order valence-corrected chi connectivity index (χ1v) is 8.11. The topological polar surface area (TPSA) is 18.5 Å². The summed E-state index contributed by atoms with van der Waals surface area (Å²) < 4.78 is 0. The maximum Gasteiger partial charge on any atom is 0.0184 e. The molecule has 2 unspecified atom stereocenters. The summed E-state index contributed by atoms with van der Waals surface area (Å²) in [7, 11) is 0. The van der Waals surface area contributed by atoms with E-state index in [2.05, 4.69) is 40.7 Å². The first-order valence-electron chi connectivity index (χ1n) is 7.06. The second kappa shape index (κ2) is 6.98. The lowest BCUT2D eigenvalue weighted by molar-refractivity contribution is 0.174. The highest BCUT2D eigenvalue weighted by atomic mass is 32.2. The fraction of sp³-hybridized carbons (Fsp3) is 1.00. The predicted octanol–water partition coefficient (Wildman–Crippen LogP) is 1.11. The van der Waals surface area contributed by atoms with Gasteiger partial charge in [-0.05, 0) is 26.4 Å². The fourth-order valence-corrected chi connectivity index (χ4v) is 3.87. The van der Waals surface area contributed by atoms with Gasteiger partial charge in [-0.25, -0.2) is 0 Å². The standard InChI is InChI=1S/C13H27N3S/c1-12-13(2)17-11-10-16(12)9-8-15-6-3-4-14-5-7-15/h12-14H,3-11H2,1-2H3. The van der Waals surface area contributed by atoms with Crippen molar-refractivity contribution in [2.45, 2.75) is 31.6 Å². The van der Waals surface area contributed by atoms with Crippen LogP contribution in [-0.2, 0) is 0 Å². The minimum Gasteiger partial charge on any atom is -0.315 e. The third kappa shape index (κ3) is 4.12. The third-order valence-corrected chi connectivity index (χ3v) is 5.49. The number of thioether (sulfide) groups is 1. The summed E-state index contributed by atoms with van der Waals surface area (Å²) in [4.78, 5) is 5.30. The molecule has 0 aromatic rings. The average molecular weight is 257 g/mol. The lowest BCUT2D eigenvalue weighted by Gasteiger charge is -2.38. The number of nitrogens with zero attached hydrogens (tertiary/aromatic N) is 2. The molecule has 2 aliphatic heterocycles. The highest BCUT2D eigenvalue weighted by Gasteiger charge is 2.25. The Kier molecular flexibility index (Phi) is 5.60. The van der Waals surface area contributed by atoms with E-state index < -0.39 is 0 Å². The van der Waals surface area contributed by atoms with E-state index in [-0.39, 0.29) is 0 Å². The van der Waals surface area contributed by atoms with E-state index in [1.807, 2.05) is 0 Å².